The number of benzene rings is 2. The maximum atomic E-state index is 2.54. The van der Waals surface area contributed by atoms with Crippen molar-refractivity contribution in [3.63, 3.8) is 0 Å². The van der Waals surface area contributed by atoms with Crippen LogP contribution in [0.25, 0.3) is 22.3 Å². The van der Waals surface area contributed by atoms with Gasteiger partial charge in [-0.25, -0.2) is 0 Å². The van der Waals surface area contributed by atoms with Crippen LogP contribution < -0.4 is 0 Å². The van der Waals surface area contributed by atoms with Gasteiger partial charge in [-0.15, -0.1) is 0 Å². The van der Waals surface area contributed by atoms with E-state index in [0.29, 0.717) is 0 Å². The van der Waals surface area contributed by atoms with Crippen LogP contribution in [0.2, 0.25) is 0 Å². The van der Waals surface area contributed by atoms with E-state index in [9.17, 15) is 0 Å². The predicted molar refractivity (Wildman–Crippen MR) is 155 cm³/mol. The molecule has 2 aromatic carbocycles. The van der Waals surface area contributed by atoms with Crippen molar-refractivity contribution in [2.75, 3.05) is 0 Å². The van der Waals surface area contributed by atoms with Gasteiger partial charge in [-0.2, -0.15) is 0 Å². The van der Waals surface area contributed by atoms with E-state index in [4.69, 9.17) is 0 Å². The highest BCUT2D eigenvalue weighted by Gasteiger charge is 2.16. The molecule has 0 aromatic heterocycles. The Morgan fingerprint density at radius 2 is 0.943 bits per heavy atom. The van der Waals surface area contributed by atoms with E-state index in [2.05, 4.69) is 74.5 Å². The fourth-order valence-electron chi connectivity index (χ4n) is 6.11. The summed E-state index contributed by atoms with van der Waals surface area (Å²) in [6.45, 7) is 4.60. The second-order valence-corrected chi connectivity index (χ2v) is 11.2. The minimum atomic E-state index is 0.914. The van der Waals surface area contributed by atoms with Crippen LogP contribution in [-0.4, -0.2) is 0 Å². The molecule has 2 aliphatic carbocycles. The minimum absolute atomic E-state index is 0.914. The van der Waals surface area contributed by atoms with Gasteiger partial charge in [0.05, 0.1) is 0 Å². The van der Waals surface area contributed by atoms with Crippen molar-refractivity contribution in [2.24, 2.45) is 11.8 Å². The van der Waals surface area contributed by atoms with Crippen molar-refractivity contribution in [3.05, 3.63) is 71.8 Å². The molecule has 2 aromatic rings. The van der Waals surface area contributed by atoms with Crippen LogP contribution in [0, 0.1) is 11.8 Å². The van der Waals surface area contributed by atoms with Crippen molar-refractivity contribution in [1.82, 2.24) is 0 Å². The molecule has 2 atom stereocenters. The lowest BCUT2D eigenvalue weighted by Gasteiger charge is -2.22. The van der Waals surface area contributed by atoms with Crippen LogP contribution in [-0.2, 0) is 0 Å². The Bertz CT molecular complexity index is 941. The van der Waals surface area contributed by atoms with Crippen LogP contribution in [0.4, 0.5) is 0 Å². The molecular weight excluding hydrogens is 420 g/mol. The first kappa shape index (κ1) is 26.0. The Morgan fingerprint density at radius 1 is 0.514 bits per heavy atom. The molecule has 0 saturated heterocycles. The molecule has 0 heterocycles. The summed E-state index contributed by atoms with van der Waals surface area (Å²) < 4.78 is 0. The third-order valence-corrected chi connectivity index (χ3v) is 8.57. The average Bonchev–Trinajstić information content (AvgIpc) is 2.93. The Hall–Kier alpha value is -2.08. The summed E-state index contributed by atoms with van der Waals surface area (Å²) in [7, 11) is 0. The van der Waals surface area contributed by atoms with Gasteiger partial charge in [0, 0.05) is 0 Å². The SMILES string of the molecule is CCCCCCCC1CC=C(c2ccc(-c3ccc(C4=CCC(CCCC)CC4)cc3)cc2)CC1. The minimum Gasteiger partial charge on any atom is -0.0804 e. The van der Waals surface area contributed by atoms with Crippen LogP contribution in [0.5, 0.6) is 0 Å². The zero-order chi connectivity index (χ0) is 24.3. The molecule has 0 nitrogen and oxygen atoms in total. The lowest BCUT2D eigenvalue weighted by Crippen LogP contribution is -2.05. The van der Waals surface area contributed by atoms with Gasteiger partial charge in [-0.3, -0.25) is 0 Å². The van der Waals surface area contributed by atoms with Gasteiger partial charge >= 0.3 is 0 Å². The summed E-state index contributed by atoms with van der Waals surface area (Å²) in [6, 6.07) is 18.7. The largest absolute Gasteiger partial charge is 0.0804 e. The van der Waals surface area contributed by atoms with Gasteiger partial charge in [-0.05, 0) is 83.8 Å². The maximum Gasteiger partial charge on any atom is -0.0184 e. The molecule has 0 amide bonds. The van der Waals surface area contributed by atoms with Gasteiger partial charge in [0.1, 0.15) is 0 Å². The van der Waals surface area contributed by atoms with Crippen molar-refractivity contribution in [3.8, 4) is 11.1 Å². The lowest BCUT2D eigenvalue weighted by atomic mass is 9.83. The average molecular weight is 469 g/mol. The molecule has 0 bridgehead atoms. The number of allylic oxidation sites excluding steroid dienone is 4. The Kier molecular flexibility index (Phi) is 10.3. The first-order chi connectivity index (χ1) is 17.3. The quantitative estimate of drug-likeness (QED) is 0.272. The van der Waals surface area contributed by atoms with Crippen molar-refractivity contribution < 1.29 is 0 Å². The molecule has 2 aliphatic rings. The number of hydrogen-bond acceptors (Lipinski definition) is 0. The molecule has 0 fully saturated rings. The highest BCUT2D eigenvalue weighted by molar-refractivity contribution is 5.73. The van der Waals surface area contributed by atoms with E-state index >= 15 is 0 Å². The predicted octanol–water partition coefficient (Wildman–Crippen LogP) is 11.3. The van der Waals surface area contributed by atoms with E-state index in [0.717, 1.165) is 11.8 Å². The Morgan fingerprint density at radius 3 is 1.37 bits per heavy atom. The Labute approximate surface area is 215 Å². The summed E-state index contributed by atoms with van der Waals surface area (Å²) in [5, 5.41) is 0. The molecule has 188 valence electrons. The standard InChI is InChI=1S/C35H48/c1-3-5-7-8-9-11-29-14-18-31(19-15-29)33-22-26-35(27-23-33)34-24-20-32(21-25-34)30-16-12-28(13-17-30)10-6-4-2/h16,18,20-29H,3-15,17,19H2,1-2H3. The van der Waals surface area contributed by atoms with Crippen molar-refractivity contribution in [2.45, 2.75) is 110 Å². The molecule has 2 unspecified atom stereocenters. The third kappa shape index (κ3) is 7.70. The first-order valence-corrected chi connectivity index (χ1v) is 14.9. The lowest BCUT2D eigenvalue weighted by molar-refractivity contribution is 0.423. The molecule has 0 aliphatic heterocycles. The summed E-state index contributed by atoms with van der Waals surface area (Å²) in [5.74, 6) is 1.83. The van der Waals surface area contributed by atoms with Gasteiger partial charge in [-0.1, -0.05) is 132 Å². The zero-order valence-electron chi connectivity index (χ0n) is 22.5. The fourth-order valence-corrected chi connectivity index (χ4v) is 6.11. The molecular formula is C35H48. The summed E-state index contributed by atoms with van der Waals surface area (Å²) in [5.41, 5.74) is 8.64. The molecule has 4 rings (SSSR count). The van der Waals surface area contributed by atoms with E-state index in [-0.39, 0.29) is 0 Å². The normalized spacial score (nSPS) is 20.4. The summed E-state index contributed by atoms with van der Waals surface area (Å²) >= 11 is 0. The fraction of sp³-hybridized carbons (Fsp3) is 0.543. The highest BCUT2D eigenvalue weighted by atomic mass is 14.2. The number of rotatable bonds is 12. The van der Waals surface area contributed by atoms with E-state index in [1.54, 1.807) is 11.1 Å². The Balaban J connectivity index is 1.29. The van der Waals surface area contributed by atoms with Crippen LogP contribution >= 0.6 is 0 Å². The molecule has 0 N–H and O–H groups in total. The van der Waals surface area contributed by atoms with Crippen molar-refractivity contribution in [1.29, 1.82) is 0 Å². The summed E-state index contributed by atoms with van der Waals surface area (Å²) in [4.78, 5) is 0. The smallest absolute Gasteiger partial charge is 0.0184 e. The number of unbranched alkanes of at least 4 members (excludes halogenated alkanes) is 5. The molecule has 0 saturated carbocycles. The van der Waals surface area contributed by atoms with E-state index in [1.807, 2.05) is 0 Å². The zero-order valence-corrected chi connectivity index (χ0v) is 22.5. The molecule has 0 radical (unpaired) electrons. The highest BCUT2D eigenvalue weighted by Crippen LogP contribution is 2.35. The van der Waals surface area contributed by atoms with Gasteiger partial charge in [0.2, 0.25) is 0 Å². The van der Waals surface area contributed by atoms with E-state index < -0.39 is 0 Å². The van der Waals surface area contributed by atoms with Gasteiger partial charge in [0.15, 0.2) is 0 Å². The van der Waals surface area contributed by atoms with Gasteiger partial charge in [0.25, 0.3) is 0 Å². The van der Waals surface area contributed by atoms with Crippen LogP contribution in [0.1, 0.15) is 121 Å². The first-order valence-electron chi connectivity index (χ1n) is 14.9. The molecule has 0 heteroatoms. The third-order valence-electron chi connectivity index (χ3n) is 8.57. The maximum absolute atomic E-state index is 2.54. The molecule has 35 heavy (non-hydrogen) atoms. The summed E-state index contributed by atoms with van der Waals surface area (Å²) in [6.07, 6.45) is 25.4. The molecule has 0 spiro atoms. The van der Waals surface area contributed by atoms with Gasteiger partial charge < -0.3 is 0 Å². The van der Waals surface area contributed by atoms with E-state index in [1.165, 1.54) is 119 Å². The second kappa shape index (κ2) is 13.9. The topological polar surface area (TPSA) is 0 Å². The monoisotopic (exact) mass is 468 g/mol. The number of hydrogen-bond donors (Lipinski definition) is 0. The van der Waals surface area contributed by atoms with Crippen LogP contribution in [0.15, 0.2) is 60.7 Å². The van der Waals surface area contributed by atoms with Crippen LogP contribution in [0.3, 0.4) is 0 Å². The van der Waals surface area contributed by atoms with Crippen molar-refractivity contribution >= 4 is 11.1 Å². The second-order valence-electron chi connectivity index (χ2n) is 11.2.